The average Bonchev–Trinajstić information content (AvgIpc) is 2.56. The molecule has 0 aliphatic rings. The average molecular weight is 184 g/mol. The van der Waals surface area contributed by atoms with Gasteiger partial charge < -0.3 is 4.74 Å². The lowest BCUT2D eigenvalue weighted by Gasteiger charge is -2.06. The van der Waals surface area contributed by atoms with Crippen molar-refractivity contribution in [3.63, 3.8) is 0 Å². The van der Waals surface area contributed by atoms with Crippen LogP contribution in [0.1, 0.15) is 23.0 Å². The fourth-order valence-corrected chi connectivity index (χ4v) is 1.56. The van der Waals surface area contributed by atoms with Crippen molar-refractivity contribution in [2.75, 3.05) is 7.11 Å². The normalized spacial score (nSPS) is 12.8. The van der Waals surface area contributed by atoms with Crippen LogP contribution < -0.4 is 0 Å². The number of ether oxygens (including phenoxy) is 1. The Morgan fingerprint density at radius 1 is 1.75 bits per heavy atom. The third-order valence-electron chi connectivity index (χ3n) is 1.67. The maximum Gasteiger partial charge on any atom is 0.175 e. The molecule has 1 heterocycles. The molecule has 0 aliphatic carbocycles. The standard InChI is InChI=1S/C9H12O2S/c1-7(11-2)6-8(10)9-4-3-5-12-9/h3-5,7H,6H2,1-2H3. The number of Topliss-reactive ketones (excluding diaryl/α,β-unsaturated/α-hetero) is 1. The number of carbonyl (C=O) groups is 1. The highest BCUT2D eigenvalue weighted by atomic mass is 32.1. The van der Waals surface area contributed by atoms with E-state index in [2.05, 4.69) is 0 Å². The Hall–Kier alpha value is -0.670. The summed E-state index contributed by atoms with van der Waals surface area (Å²) in [5, 5.41) is 1.91. The molecule has 0 saturated carbocycles. The van der Waals surface area contributed by atoms with E-state index in [-0.39, 0.29) is 11.9 Å². The maximum atomic E-state index is 11.4. The molecule has 3 heteroatoms. The third-order valence-corrected chi connectivity index (χ3v) is 2.58. The van der Waals surface area contributed by atoms with Gasteiger partial charge in [-0.1, -0.05) is 6.07 Å². The van der Waals surface area contributed by atoms with E-state index in [9.17, 15) is 4.79 Å². The molecular weight excluding hydrogens is 172 g/mol. The van der Waals surface area contributed by atoms with E-state index < -0.39 is 0 Å². The lowest BCUT2D eigenvalue weighted by Crippen LogP contribution is -2.11. The molecule has 1 rings (SSSR count). The quantitative estimate of drug-likeness (QED) is 0.671. The van der Waals surface area contributed by atoms with E-state index in [1.54, 1.807) is 7.11 Å². The highest BCUT2D eigenvalue weighted by Gasteiger charge is 2.10. The fourth-order valence-electron chi connectivity index (χ4n) is 0.882. The van der Waals surface area contributed by atoms with Crippen LogP contribution in [-0.4, -0.2) is 19.0 Å². The Morgan fingerprint density at radius 3 is 3.00 bits per heavy atom. The van der Waals surface area contributed by atoms with Gasteiger partial charge in [0.15, 0.2) is 5.78 Å². The minimum absolute atomic E-state index is 0.0135. The second-order valence-electron chi connectivity index (χ2n) is 2.65. The first kappa shape index (κ1) is 9.42. The minimum atomic E-state index is 0.0135. The minimum Gasteiger partial charge on any atom is -0.381 e. The van der Waals surface area contributed by atoms with Gasteiger partial charge in [-0.25, -0.2) is 0 Å². The summed E-state index contributed by atoms with van der Waals surface area (Å²) in [6, 6.07) is 3.73. The maximum absolute atomic E-state index is 11.4. The van der Waals surface area contributed by atoms with Gasteiger partial charge in [0.25, 0.3) is 0 Å². The Labute approximate surface area is 76.2 Å². The first-order chi connectivity index (χ1) is 5.74. The highest BCUT2D eigenvalue weighted by molar-refractivity contribution is 7.12. The number of methoxy groups -OCH3 is 1. The van der Waals surface area contributed by atoms with Crippen molar-refractivity contribution in [1.82, 2.24) is 0 Å². The van der Waals surface area contributed by atoms with Crippen LogP contribution in [0.2, 0.25) is 0 Å². The Kier molecular flexibility index (Phi) is 3.44. The van der Waals surface area contributed by atoms with Crippen LogP contribution in [0.5, 0.6) is 0 Å². The van der Waals surface area contributed by atoms with Gasteiger partial charge in [-0.3, -0.25) is 4.79 Å². The van der Waals surface area contributed by atoms with Crippen molar-refractivity contribution in [1.29, 1.82) is 0 Å². The van der Waals surface area contributed by atoms with E-state index in [1.165, 1.54) is 11.3 Å². The van der Waals surface area contributed by atoms with Gasteiger partial charge in [0.2, 0.25) is 0 Å². The zero-order chi connectivity index (χ0) is 8.97. The van der Waals surface area contributed by atoms with Crippen LogP contribution in [0.3, 0.4) is 0 Å². The van der Waals surface area contributed by atoms with Gasteiger partial charge in [-0.15, -0.1) is 11.3 Å². The molecule has 1 unspecified atom stereocenters. The van der Waals surface area contributed by atoms with Crippen molar-refractivity contribution in [3.05, 3.63) is 22.4 Å². The Morgan fingerprint density at radius 2 is 2.50 bits per heavy atom. The molecule has 2 nitrogen and oxygen atoms in total. The van der Waals surface area contributed by atoms with Crippen molar-refractivity contribution < 1.29 is 9.53 Å². The van der Waals surface area contributed by atoms with E-state index in [1.807, 2.05) is 24.4 Å². The summed E-state index contributed by atoms with van der Waals surface area (Å²) in [4.78, 5) is 12.2. The van der Waals surface area contributed by atoms with Gasteiger partial charge in [0, 0.05) is 13.5 Å². The molecule has 0 spiro atoms. The van der Waals surface area contributed by atoms with Crippen LogP contribution in [0.25, 0.3) is 0 Å². The zero-order valence-corrected chi connectivity index (χ0v) is 8.06. The topological polar surface area (TPSA) is 26.3 Å². The van der Waals surface area contributed by atoms with E-state index >= 15 is 0 Å². The van der Waals surface area contributed by atoms with E-state index in [4.69, 9.17) is 4.74 Å². The van der Waals surface area contributed by atoms with E-state index in [0.29, 0.717) is 6.42 Å². The molecule has 0 N–H and O–H groups in total. The summed E-state index contributed by atoms with van der Waals surface area (Å²) >= 11 is 1.48. The third kappa shape index (κ3) is 2.43. The van der Waals surface area contributed by atoms with Crippen molar-refractivity contribution >= 4 is 17.1 Å². The largest absolute Gasteiger partial charge is 0.381 e. The molecule has 0 saturated heterocycles. The van der Waals surface area contributed by atoms with Crippen molar-refractivity contribution in [2.24, 2.45) is 0 Å². The second kappa shape index (κ2) is 4.38. The van der Waals surface area contributed by atoms with Gasteiger partial charge in [-0.05, 0) is 18.4 Å². The molecule has 0 bridgehead atoms. The summed E-state index contributed by atoms with van der Waals surface area (Å²) in [7, 11) is 1.62. The molecule has 0 aromatic carbocycles. The summed E-state index contributed by atoms with van der Waals surface area (Å²) in [5.74, 6) is 0.166. The van der Waals surface area contributed by atoms with Crippen LogP contribution in [0, 0.1) is 0 Å². The van der Waals surface area contributed by atoms with Gasteiger partial charge >= 0.3 is 0 Å². The number of hydrogen-bond donors (Lipinski definition) is 0. The number of carbonyl (C=O) groups excluding carboxylic acids is 1. The number of ketones is 1. The number of rotatable bonds is 4. The lowest BCUT2D eigenvalue weighted by atomic mass is 10.2. The monoisotopic (exact) mass is 184 g/mol. The molecular formula is C9H12O2S. The second-order valence-corrected chi connectivity index (χ2v) is 3.60. The summed E-state index contributed by atoms with van der Waals surface area (Å²) in [6.45, 7) is 1.89. The molecule has 0 fully saturated rings. The SMILES string of the molecule is COC(C)CC(=O)c1cccs1. The summed E-state index contributed by atoms with van der Waals surface area (Å²) in [5.41, 5.74) is 0. The molecule has 1 aromatic heterocycles. The predicted molar refractivity (Wildman–Crippen MR) is 49.7 cm³/mol. The molecule has 0 radical (unpaired) electrons. The van der Waals surface area contributed by atoms with Crippen LogP contribution >= 0.6 is 11.3 Å². The Bertz CT molecular complexity index is 241. The smallest absolute Gasteiger partial charge is 0.175 e. The van der Waals surface area contributed by atoms with E-state index in [0.717, 1.165) is 4.88 Å². The molecule has 1 aromatic rings. The summed E-state index contributed by atoms with van der Waals surface area (Å²) in [6.07, 6.45) is 0.483. The van der Waals surface area contributed by atoms with Crippen LogP contribution in [0.15, 0.2) is 17.5 Å². The molecule has 0 aliphatic heterocycles. The first-order valence-corrected chi connectivity index (χ1v) is 4.71. The first-order valence-electron chi connectivity index (χ1n) is 3.83. The molecule has 66 valence electrons. The van der Waals surface area contributed by atoms with Gasteiger partial charge in [0.1, 0.15) is 0 Å². The van der Waals surface area contributed by atoms with Crippen LogP contribution in [-0.2, 0) is 4.74 Å². The lowest BCUT2D eigenvalue weighted by molar-refractivity contribution is 0.0795. The fraction of sp³-hybridized carbons (Fsp3) is 0.444. The summed E-state index contributed by atoms with van der Waals surface area (Å²) < 4.78 is 5.00. The number of thiophene rings is 1. The van der Waals surface area contributed by atoms with Crippen molar-refractivity contribution in [3.8, 4) is 0 Å². The van der Waals surface area contributed by atoms with Crippen molar-refractivity contribution in [2.45, 2.75) is 19.4 Å². The van der Waals surface area contributed by atoms with Gasteiger partial charge in [-0.2, -0.15) is 0 Å². The molecule has 1 atom stereocenters. The van der Waals surface area contributed by atoms with Crippen LogP contribution in [0.4, 0.5) is 0 Å². The Balaban J connectivity index is 2.50. The zero-order valence-electron chi connectivity index (χ0n) is 7.24. The van der Waals surface area contributed by atoms with Gasteiger partial charge in [0.05, 0.1) is 11.0 Å². The molecule has 0 amide bonds. The predicted octanol–water partition coefficient (Wildman–Crippen LogP) is 2.36. The number of hydrogen-bond acceptors (Lipinski definition) is 3. The molecule has 12 heavy (non-hydrogen) atoms. The highest BCUT2D eigenvalue weighted by Crippen LogP contribution is 2.12.